The maximum atomic E-state index is 6.09. The monoisotopic (exact) mass is 230 g/mol. The highest BCUT2D eigenvalue weighted by Gasteiger charge is 2.46. The van der Waals surface area contributed by atoms with Crippen LogP contribution in [0.3, 0.4) is 0 Å². The Hall–Kier alpha value is -0.860. The molecule has 2 N–H and O–H groups in total. The third-order valence-electron chi connectivity index (χ3n) is 4.86. The summed E-state index contributed by atoms with van der Waals surface area (Å²) >= 11 is 0. The van der Waals surface area contributed by atoms with Gasteiger partial charge in [0.25, 0.3) is 0 Å². The van der Waals surface area contributed by atoms with Crippen molar-refractivity contribution < 1.29 is 0 Å². The molecule has 0 amide bonds. The second-order valence-electron chi connectivity index (χ2n) is 5.75. The Morgan fingerprint density at radius 3 is 2.76 bits per heavy atom. The number of nitrogens with two attached hydrogens (primary N) is 1. The minimum atomic E-state index is 0.352. The fourth-order valence-corrected chi connectivity index (χ4v) is 3.71. The number of benzene rings is 1. The highest BCUT2D eigenvalue weighted by Crippen LogP contribution is 2.53. The van der Waals surface area contributed by atoms with Crippen molar-refractivity contribution in [3.63, 3.8) is 0 Å². The Kier molecular flexibility index (Phi) is 2.72. The minimum absolute atomic E-state index is 0.352. The highest BCUT2D eigenvalue weighted by atomic mass is 15.2. The predicted molar refractivity (Wildman–Crippen MR) is 70.9 cm³/mol. The van der Waals surface area contributed by atoms with Gasteiger partial charge in [0.1, 0.15) is 0 Å². The van der Waals surface area contributed by atoms with Crippen LogP contribution in [0.5, 0.6) is 0 Å². The lowest BCUT2D eigenvalue weighted by Gasteiger charge is -2.52. The van der Waals surface area contributed by atoms with Crippen LogP contribution in [-0.2, 0) is 6.42 Å². The molecule has 3 rings (SSSR count). The summed E-state index contributed by atoms with van der Waals surface area (Å²) < 4.78 is 0. The van der Waals surface area contributed by atoms with E-state index in [4.69, 9.17) is 5.73 Å². The van der Waals surface area contributed by atoms with Gasteiger partial charge in [-0.15, -0.1) is 0 Å². The van der Waals surface area contributed by atoms with Crippen molar-refractivity contribution in [1.29, 1.82) is 0 Å². The third-order valence-corrected chi connectivity index (χ3v) is 4.86. The third kappa shape index (κ3) is 1.62. The van der Waals surface area contributed by atoms with Crippen LogP contribution in [0.25, 0.3) is 0 Å². The van der Waals surface area contributed by atoms with E-state index in [1.165, 1.54) is 43.4 Å². The Morgan fingerprint density at radius 1 is 1.35 bits per heavy atom. The molecule has 92 valence electrons. The molecule has 1 atom stereocenters. The predicted octanol–water partition coefficient (Wildman–Crippen LogP) is 2.34. The van der Waals surface area contributed by atoms with Crippen molar-refractivity contribution in [1.82, 2.24) is 4.90 Å². The molecular weight excluding hydrogens is 208 g/mol. The molecule has 0 saturated heterocycles. The van der Waals surface area contributed by atoms with Gasteiger partial charge in [-0.2, -0.15) is 0 Å². The van der Waals surface area contributed by atoms with E-state index < -0.39 is 0 Å². The zero-order valence-electron chi connectivity index (χ0n) is 10.7. The summed E-state index contributed by atoms with van der Waals surface area (Å²) in [7, 11) is 2.26. The van der Waals surface area contributed by atoms with Crippen LogP contribution in [0, 0.1) is 5.41 Å². The van der Waals surface area contributed by atoms with E-state index in [2.05, 4.69) is 36.2 Å². The standard InChI is InChI=1S/C15H22N2/c1-17-10-7-12-5-2-3-6-13(12)14(17)15(11-16)8-4-9-15/h2-3,5-6,14H,4,7-11,16H2,1H3. The van der Waals surface area contributed by atoms with Gasteiger partial charge in [0.05, 0.1) is 0 Å². The normalized spacial score (nSPS) is 27.3. The fourth-order valence-electron chi connectivity index (χ4n) is 3.71. The zero-order chi connectivity index (χ0) is 11.9. The van der Waals surface area contributed by atoms with Crippen molar-refractivity contribution in [3.8, 4) is 0 Å². The van der Waals surface area contributed by atoms with Crippen molar-refractivity contribution in [2.75, 3.05) is 20.1 Å². The van der Waals surface area contributed by atoms with Gasteiger partial charge in [-0.25, -0.2) is 0 Å². The topological polar surface area (TPSA) is 29.3 Å². The summed E-state index contributed by atoms with van der Waals surface area (Å²) in [5, 5.41) is 0. The minimum Gasteiger partial charge on any atom is -0.330 e. The quantitative estimate of drug-likeness (QED) is 0.845. The van der Waals surface area contributed by atoms with E-state index in [0.29, 0.717) is 11.5 Å². The Morgan fingerprint density at radius 2 is 2.12 bits per heavy atom. The van der Waals surface area contributed by atoms with Gasteiger partial charge in [0, 0.05) is 18.0 Å². The Labute approximate surface area is 104 Å². The molecule has 17 heavy (non-hydrogen) atoms. The average Bonchev–Trinajstić information content (AvgIpc) is 2.31. The van der Waals surface area contributed by atoms with Crippen LogP contribution in [0.4, 0.5) is 0 Å². The van der Waals surface area contributed by atoms with Crippen LogP contribution in [0.1, 0.15) is 36.4 Å². The first kappa shape index (κ1) is 11.2. The molecule has 1 aliphatic carbocycles. The first-order valence-electron chi connectivity index (χ1n) is 6.75. The number of nitrogens with zero attached hydrogens (tertiary/aromatic N) is 1. The fraction of sp³-hybridized carbons (Fsp3) is 0.600. The molecule has 2 aliphatic rings. The Bertz CT molecular complexity index is 404. The molecule has 1 fully saturated rings. The molecule has 1 aromatic carbocycles. The summed E-state index contributed by atoms with van der Waals surface area (Å²) in [6.45, 7) is 2.00. The van der Waals surface area contributed by atoms with Gasteiger partial charge >= 0.3 is 0 Å². The molecule has 0 spiro atoms. The maximum Gasteiger partial charge on any atom is 0.0416 e. The second kappa shape index (κ2) is 4.11. The van der Waals surface area contributed by atoms with Crippen LogP contribution >= 0.6 is 0 Å². The maximum absolute atomic E-state index is 6.09. The lowest BCUT2D eigenvalue weighted by molar-refractivity contribution is 0.0105. The van der Waals surface area contributed by atoms with Crippen molar-refractivity contribution in [2.24, 2.45) is 11.1 Å². The SMILES string of the molecule is CN1CCc2ccccc2C1C1(CN)CCC1. The molecule has 0 bridgehead atoms. The van der Waals surface area contributed by atoms with Gasteiger partial charge in [-0.3, -0.25) is 4.90 Å². The zero-order valence-corrected chi connectivity index (χ0v) is 10.7. The van der Waals surface area contributed by atoms with Gasteiger partial charge in [0.15, 0.2) is 0 Å². The van der Waals surface area contributed by atoms with Crippen LogP contribution < -0.4 is 5.73 Å². The van der Waals surface area contributed by atoms with E-state index in [-0.39, 0.29) is 0 Å². The summed E-state index contributed by atoms with van der Waals surface area (Å²) in [5.74, 6) is 0. The van der Waals surface area contributed by atoms with Gasteiger partial charge in [-0.1, -0.05) is 30.7 Å². The van der Waals surface area contributed by atoms with E-state index in [0.717, 1.165) is 6.54 Å². The van der Waals surface area contributed by atoms with E-state index >= 15 is 0 Å². The molecule has 1 saturated carbocycles. The summed E-state index contributed by atoms with van der Waals surface area (Å²) in [6.07, 6.45) is 5.13. The van der Waals surface area contributed by atoms with Crippen molar-refractivity contribution in [3.05, 3.63) is 35.4 Å². The molecule has 2 heteroatoms. The number of likely N-dealkylation sites (N-methyl/N-ethyl adjacent to an activating group) is 1. The molecule has 0 aromatic heterocycles. The molecule has 1 aromatic rings. The molecule has 1 aliphatic heterocycles. The van der Waals surface area contributed by atoms with Gasteiger partial charge in [-0.05, 0) is 44.0 Å². The van der Waals surface area contributed by atoms with Gasteiger partial charge < -0.3 is 5.73 Å². The summed E-state index contributed by atoms with van der Waals surface area (Å²) in [6, 6.07) is 9.49. The molecule has 2 nitrogen and oxygen atoms in total. The van der Waals surface area contributed by atoms with E-state index in [1.54, 1.807) is 0 Å². The Balaban J connectivity index is 2.03. The van der Waals surface area contributed by atoms with Crippen LogP contribution in [-0.4, -0.2) is 25.0 Å². The number of hydrogen-bond acceptors (Lipinski definition) is 2. The van der Waals surface area contributed by atoms with E-state index in [1.807, 2.05) is 0 Å². The van der Waals surface area contributed by atoms with Crippen molar-refractivity contribution in [2.45, 2.75) is 31.7 Å². The summed E-state index contributed by atoms with van der Waals surface area (Å²) in [5.41, 5.74) is 9.52. The van der Waals surface area contributed by atoms with Crippen molar-refractivity contribution >= 4 is 0 Å². The molecule has 1 unspecified atom stereocenters. The largest absolute Gasteiger partial charge is 0.330 e. The second-order valence-corrected chi connectivity index (χ2v) is 5.75. The first-order valence-corrected chi connectivity index (χ1v) is 6.75. The highest BCUT2D eigenvalue weighted by molar-refractivity contribution is 5.34. The number of rotatable bonds is 2. The lowest BCUT2D eigenvalue weighted by atomic mass is 9.61. The van der Waals surface area contributed by atoms with Crippen LogP contribution in [0.2, 0.25) is 0 Å². The number of fused-ring (bicyclic) bond motifs is 1. The lowest BCUT2D eigenvalue weighted by Crippen LogP contribution is -2.50. The number of hydrogen-bond donors (Lipinski definition) is 1. The van der Waals surface area contributed by atoms with E-state index in [9.17, 15) is 0 Å². The molecule has 0 radical (unpaired) electrons. The molecule has 1 heterocycles. The summed E-state index contributed by atoms with van der Waals surface area (Å²) in [4.78, 5) is 2.52. The average molecular weight is 230 g/mol. The smallest absolute Gasteiger partial charge is 0.0416 e. The van der Waals surface area contributed by atoms with Crippen LogP contribution in [0.15, 0.2) is 24.3 Å². The van der Waals surface area contributed by atoms with Gasteiger partial charge in [0.2, 0.25) is 0 Å². The first-order chi connectivity index (χ1) is 8.27. The molecular formula is C15H22N2.